The zero-order valence-corrected chi connectivity index (χ0v) is 8.35. The molecule has 14 heavy (non-hydrogen) atoms. The van der Waals surface area contributed by atoms with Crippen molar-refractivity contribution in [2.45, 2.75) is 13.5 Å². The first kappa shape index (κ1) is 8.95. The summed E-state index contributed by atoms with van der Waals surface area (Å²) in [5.41, 5.74) is 0. The average molecular weight is 184 g/mol. The van der Waals surface area contributed by atoms with E-state index >= 15 is 0 Å². The van der Waals surface area contributed by atoms with Crippen LogP contribution in [0.4, 0.5) is 0 Å². The van der Waals surface area contributed by atoms with E-state index in [0.717, 1.165) is 6.54 Å². The molecule has 0 unspecified atom stereocenters. The number of hydrogen-bond donors (Lipinski definition) is 0. The molecule has 0 saturated heterocycles. The molecule has 0 aliphatic carbocycles. The lowest BCUT2D eigenvalue weighted by molar-refractivity contribution is -0.685. The second-order valence-corrected chi connectivity index (χ2v) is 3.34. The topological polar surface area (TPSA) is 3.88 Å². The van der Waals surface area contributed by atoms with E-state index < -0.39 is 0 Å². The van der Waals surface area contributed by atoms with Crippen LogP contribution in [0.2, 0.25) is 0 Å². The fraction of sp³-hybridized carbons (Fsp3) is 0.154. The molecule has 0 N–H and O–H groups in total. The van der Waals surface area contributed by atoms with Crippen LogP contribution >= 0.6 is 0 Å². The third-order valence-electron chi connectivity index (χ3n) is 2.30. The van der Waals surface area contributed by atoms with Crippen LogP contribution in [0.25, 0.3) is 10.8 Å². The predicted octanol–water partition coefficient (Wildman–Crippen LogP) is 2.70. The summed E-state index contributed by atoms with van der Waals surface area (Å²) in [6, 6.07) is 10.6. The van der Waals surface area contributed by atoms with Crippen LogP contribution in [0.3, 0.4) is 0 Å². The van der Waals surface area contributed by atoms with Gasteiger partial charge in [0.1, 0.15) is 0 Å². The summed E-state index contributed by atoms with van der Waals surface area (Å²) in [6.07, 6.45) is 8.51. The Kier molecular flexibility index (Phi) is 2.59. The van der Waals surface area contributed by atoms with Gasteiger partial charge in [0.25, 0.3) is 0 Å². The van der Waals surface area contributed by atoms with Gasteiger partial charge >= 0.3 is 0 Å². The van der Waals surface area contributed by atoms with Crippen molar-refractivity contribution in [3.8, 4) is 0 Å². The highest BCUT2D eigenvalue weighted by molar-refractivity contribution is 5.80. The van der Waals surface area contributed by atoms with Gasteiger partial charge in [0.2, 0.25) is 0 Å². The van der Waals surface area contributed by atoms with Crippen molar-refractivity contribution in [2.24, 2.45) is 0 Å². The van der Waals surface area contributed by atoms with Crippen LogP contribution in [0, 0.1) is 0 Å². The van der Waals surface area contributed by atoms with Gasteiger partial charge in [-0.2, -0.15) is 0 Å². The molecular weight excluding hydrogens is 170 g/mol. The third-order valence-corrected chi connectivity index (χ3v) is 2.30. The van der Waals surface area contributed by atoms with Crippen LogP contribution in [0.1, 0.15) is 6.92 Å². The molecule has 0 amide bonds. The van der Waals surface area contributed by atoms with E-state index in [2.05, 4.69) is 59.4 Å². The number of pyridine rings is 1. The van der Waals surface area contributed by atoms with Crippen molar-refractivity contribution in [1.29, 1.82) is 0 Å². The van der Waals surface area contributed by atoms with Crippen LogP contribution < -0.4 is 4.57 Å². The smallest absolute Gasteiger partial charge is 0.176 e. The summed E-state index contributed by atoms with van der Waals surface area (Å²) in [5.74, 6) is 0. The maximum Gasteiger partial charge on any atom is 0.176 e. The molecule has 0 aliphatic heterocycles. The Morgan fingerprint density at radius 2 is 1.93 bits per heavy atom. The summed E-state index contributed by atoms with van der Waals surface area (Å²) < 4.78 is 2.18. The summed E-state index contributed by atoms with van der Waals surface area (Å²) >= 11 is 0. The molecule has 0 saturated carbocycles. The fourth-order valence-corrected chi connectivity index (χ4v) is 1.52. The Morgan fingerprint density at radius 3 is 2.71 bits per heavy atom. The molecule has 0 aliphatic rings. The number of nitrogens with zero attached hydrogens (tertiary/aromatic N) is 1. The lowest BCUT2D eigenvalue weighted by atomic mass is 10.2. The van der Waals surface area contributed by atoms with E-state index in [1.165, 1.54) is 10.8 Å². The largest absolute Gasteiger partial charge is 0.201 e. The van der Waals surface area contributed by atoms with Crippen molar-refractivity contribution in [2.75, 3.05) is 0 Å². The number of rotatable bonds is 2. The normalized spacial score (nSPS) is 11.2. The molecule has 1 heteroatoms. The highest BCUT2D eigenvalue weighted by Gasteiger charge is 1.99. The van der Waals surface area contributed by atoms with Gasteiger partial charge in [-0.3, -0.25) is 0 Å². The first-order valence-corrected chi connectivity index (χ1v) is 4.89. The van der Waals surface area contributed by atoms with Crippen molar-refractivity contribution in [3.63, 3.8) is 0 Å². The third kappa shape index (κ3) is 1.82. The SMILES string of the molecule is CC=CC[n+]1ccc2ccccc2c1. The Morgan fingerprint density at radius 1 is 1.14 bits per heavy atom. The molecule has 0 atom stereocenters. The van der Waals surface area contributed by atoms with E-state index in [9.17, 15) is 0 Å². The highest BCUT2D eigenvalue weighted by atomic mass is 14.9. The molecule has 0 spiro atoms. The van der Waals surface area contributed by atoms with Crippen molar-refractivity contribution >= 4 is 10.8 Å². The summed E-state index contributed by atoms with van der Waals surface area (Å²) in [4.78, 5) is 0. The molecular formula is C13H14N+. The monoisotopic (exact) mass is 184 g/mol. The van der Waals surface area contributed by atoms with E-state index in [0.29, 0.717) is 0 Å². The number of hydrogen-bond acceptors (Lipinski definition) is 0. The van der Waals surface area contributed by atoms with Gasteiger partial charge < -0.3 is 0 Å². The van der Waals surface area contributed by atoms with Gasteiger partial charge in [0, 0.05) is 11.5 Å². The standard InChI is InChI=1S/C13H14N/c1-2-3-9-14-10-8-12-6-4-5-7-13(12)11-14/h2-8,10-11H,9H2,1H3/q+1. The summed E-state index contributed by atoms with van der Waals surface area (Å²) in [6.45, 7) is 2.99. The second-order valence-electron chi connectivity index (χ2n) is 3.34. The van der Waals surface area contributed by atoms with Crippen LogP contribution in [0.15, 0.2) is 54.9 Å². The molecule has 70 valence electrons. The fourth-order valence-electron chi connectivity index (χ4n) is 1.52. The average Bonchev–Trinajstić information content (AvgIpc) is 2.26. The molecule has 2 aromatic rings. The second kappa shape index (κ2) is 4.05. The number of benzene rings is 1. The Labute approximate surface area is 84.3 Å². The van der Waals surface area contributed by atoms with E-state index in [1.54, 1.807) is 0 Å². The van der Waals surface area contributed by atoms with Crippen LogP contribution in [-0.2, 0) is 6.54 Å². The minimum absolute atomic E-state index is 0.946. The predicted molar refractivity (Wildman–Crippen MR) is 59.0 cm³/mol. The van der Waals surface area contributed by atoms with E-state index in [-0.39, 0.29) is 0 Å². The van der Waals surface area contributed by atoms with Crippen LogP contribution in [0.5, 0.6) is 0 Å². The lowest BCUT2D eigenvalue weighted by Crippen LogP contribution is -2.31. The Balaban J connectivity index is 2.41. The van der Waals surface area contributed by atoms with E-state index in [1.807, 2.05) is 6.92 Å². The maximum absolute atomic E-state index is 2.18. The van der Waals surface area contributed by atoms with Gasteiger partial charge in [0.15, 0.2) is 18.9 Å². The lowest BCUT2D eigenvalue weighted by Gasteiger charge is -1.95. The molecule has 1 nitrogen and oxygen atoms in total. The molecule has 1 aromatic carbocycles. The van der Waals surface area contributed by atoms with E-state index in [4.69, 9.17) is 0 Å². The molecule has 0 radical (unpaired) electrons. The quantitative estimate of drug-likeness (QED) is 0.499. The van der Waals surface area contributed by atoms with Gasteiger partial charge in [-0.25, -0.2) is 4.57 Å². The first-order chi connectivity index (χ1) is 6.90. The number of aromatic nitrogens is 1. The van der Waals surface area contributed by atoms with Gasteiger partial charge in [0.05, 0.1) is 0 Å². The zero-order valence-electron chi connectivity index (χ0n) is 8.35. The number of fused-ring (bicyclic) bond motifs is 1. The molecule has 1 aromatic heterocycles. The molecule has 2 rings (SSSR count). The summed E-state index contributed by atoms with van der Waals surface area (Å²) in [7, 11) is 0. The van der Waals surface area contributed by atoms with Crippen molar-refractivity contribution < 1.29 is 4.57 Å². The van der Waals surface area contributed by atoms with Gasteiger partial charge in [-0.15, -0.1) is 0 Å². The first-order valence-electron chi connectivity index (χ1n) is 4.89. The highest BCUT2D eigenvalue weighted by Crippen LogP contribution is 2.09. The Bertz CT molecular complexity index is 457. The molecule has 0 bridgehead atoms. The zero-order chi connectivity index (χ0) is 9.80. The maximum atomic E-state index is 2.18. The van der Waals surface area contributed by atoms with Gasteiger partial charge in [-0.05, 0) is 24.5 Å². The molecule has 0 fully saturated rings. The number of allylic oxidation sites excluding steroid dienone is 2. The van der Waals surface area contributed by atoms with Crippen molar-refractivity contribution in [1.82, 2.24) is 0 Å². The van der Waals surface area contributed by atoms with Gasteiger partial charge in [-0.1, -0.05) is 24.3 Å². The summed E-state index contributed by atoms with van der Waals surface area (Å²) in [5, 5.41) is 2.59. The Hall–Kier alpha value is -1.63. The minimum atomic E-state index is 0.946. The minimum Gasteiger partial charge on any atom is -0.201 e. The van der Waals surface area contributed by atoms with Crippen molar-refractivity contribution in [3.05, 3.63) is 54.9 Å². The van der Waals surface area contributed by atoms with Crippen LogP contribution in [-0.4, -0.2) is 0 Å². The molecule has 1 heterocycles.